The van der Waals surface area contributed by atoms with E-state index in [4.69, 9.17) is 5.73 Å². The van der Waals surface area contributed by atoms with Gasteiger partial charge in [-0.25, -0.2) is 4.98 Å². The third-order valence-corrected chi connectivity index (χ3v) is 3.80. The molecular weight excluding hydrogens is 260 g/mol. The standard InChI is InChI=1S/C13H18N4OS/c1-3-4-17-7-10(14)5-11(17)13(18)15-6-12-9(2)16-8-19-12/h5,7-8H,3-4,6,14H2,1-2H3,(H,15,18). The van der Waals surface area contributed by atoms with Crippen molar-refractivity contribution in [3.05, 3.63) is 34.0 Å². The number of hydrogen-bond donors (Lipinski definition) is 2. The van der Waals surface area contributed by atoms with Crippen LogP contribution in [0.5, 0.6) is 0 Å². The van der Waals surface area contributed by atoms with Crippen molar-refractivity contribution in [1.29, 1.82) is 0 Å². The van der Waals surface area contributed by atoms with Gasteiger partial charge in [-0.15, -0.1) is 11.3 Å². The summed E-state index contributed by atoms with van der Waals surface area (Å²) in [7, 11) is 0. The molecule has 0 unspecified atom stereocenters. The van der Waals surface area contributed by atoms with Crippen molar-refractivity contribution in [1.82, 2.24) is 14.9 Å². The Balaban J connectivity index is 2.05. The van der Waals surface area contributed by atoms with Gasteiger partial charge in [0.1, 0.15) is 5.69 Å². The fraction of sp³-hybridized carbons (Fsp3) is 0.385. The van der Waals surface area contributed by atoms with Crippen molar-refractivity contribution in [3.8, 4) is 0 Å². The lowest BCUT2D eigenvalue weighted by atomic mass is 10.3. The van der Waals surface area contributed by atoms with Crippen LogP contribution < -0.4 is 11.1 Å². The number of thiazole rings is 1. The predicted molar refractivity (Wildman–Crippen MR) is 77.2 cm³/mol. The molecule has 2 aromatic heterocycles. The van der Waals surface area contributed by atoms with Crippen LogP contribution in [-0.4, -0.2) is 15.5 Å². The lowest BCUT2D eigenvalue weighted by Gasteiger charge is -2.08. The van der Waals surface area contributed by atoms with Crippen molar-refractivity contribution in [2.75, 3.05) is 5.73 Å². The summed E-state index contributed by atoms with van der Waals surface area (Å²) in [6.07, 6.45) is 2.76. The van der Waals surface area contributed by atoms with Gasteiger partial charge in [0.15, 0.2) is 0 Å². The SMILES string of the molecule is CCCn1cc(N)cc1C(=O)NCc1scnc1C. The lowest BCUT2D eigenvalue weighted by Crippen LogP contribution is -2.25. The molecule has 0 aliphatic heterocycles. The van der Waals surface area contributed by atoms with Crippen LogP contribution in [0.4, 0.5) is 5.69 Å². The van der Waals surface area contributed by atoms with Gasteiger partial charge in [-0.2, -0.15) is 0 Å². The molecule has 0 bridgehead atoms. The molecule has 0 aliphatic rings. The number of nitrogens with one attached hydrogen (secondary N) is 1. The first-order valence-electron chi connectivity index (χ1n) is 6.24. The molecule has 0 radical (unpaired) electrons. The zero-order valence-electron chi connectivity index (χ0n) is 11.1. The molecule has 0 aromatic carbocycles. The maximum atomic E-state index is 12.2. The highest BCUT2D eigenvalue weighted by Gasteiger charge is 2.13. The summed E-state index contributed by atoms with van der Waals surface area (Å²) in [5.74, 6) is -0.0991. The first-order valence-corrected chi connectivity index (χ1v) is 7.12. The van der Waals surface area contributed by atoms with Gasteiger partial charge in [0.2, 0.25) is 0 Å². The van der Waals surface area contributed by atoms with E-state index in [0.717, 1.165) is 23.5 Å². The van der Waals surface area contributed by atoms with Gasteiger partial charge < -0.3 is 15.6 Å². The smallest absolute Gasteiger partial charge is 0.268 e. The second-order valence-electron chi connectivity index (χ2n) is 4.40. The number of carbonyl (C=O) groups is 1. The Bertz CT molecular complexity index is 573. The molecule has 102 valence electrons. The van der Waals surface area contributed by atoms with Crippen LogP contribution in [-0.2, 0) is 13.1 Å². The molecule has 0 saturated carbocycles. The van der Waals surface area contributed by atoms with E-state index in [0.29, 0.717) is 17.9 Å². The van der Waals surface area contributed by atoms with Gasteiger partial charge in [-0.05, 0) is 19.4 Å². The summed E-state index contributed by atoms with van der Waals surface area (Å²) in [4.78, 5) is 17.4. The van der Waals surface area contributed by atoms with Crippen molar-refractivity contribution in [2.45, 2.75) is 33.4 Å². The van der Waals surface area contributed by atoms with Crippen LogP contribution in [0.2, 0.25) is 0 Å². The maximum Gasteiger partial charge on any atom is 0.268 e. The Morgan fingerprint density at radius 2 is 2.37 bits per heavy atom. The van der Waals surface area contributed by atoms with Crippen LogP contribution in [0.3, 0.4) is 0 Å². The number of amides is 1. The van der Waals surface area contributed by atoms with Crippen LogP contribution in [0.25, 0.3) is 0 Å². The summed E-state index contributed by atoms with van der Waals surface area (Å²) in [6.45, 7) is 5.31. The van der Waals surface area contributed by atoms with E-state index in [9.17, 15) is 4.79 Å². The van der Waals surface area contributed by atoms with E-state index in [1.807, 2.05) is 11.5 Å². The third-order valence-electron chi connectivity index (χ3n) is 2.87. The van der Waals surface area contributed by atoms with Crippen LogP contribution in [0.15, 0.2) is 17.8 Å². The number of anilines is 1. The highest BCUT2D eigenvalue weighted by Crippen LogP contribution is 2.14. The molecule has 5 nitrogen and oxygen atoms in total. The fourth-order valence-electron chi connectivity index (χ4n) is 1.90. The van der Waals surface area contributed by atoms with E-state index < -0.39 is 0 Å². The average Bonchev–Trinajstić information content (AvgIpc) is 2.93. The average molecular weight is 278 g/mol. The minimum atomic E-state index is -0.0991. The fourth-order valence-corrected chi connectivity index (χ4v) is 2.61. The van der Waals surface area contributed by atoms with Gasteiger partial charge in [0.05, 0.1) is 23.4 Å². The summed E-state index contributed by atoms with van der Waals surface area (Å²) in [5, 5.41) is 2.91. The number of aryl methyl sites for hydroxylation is 2. The van der Waals surface area contributed by atoms with Gasteiger partial charge in [0.25, 0.3) is 5.91 Å². The quantitative estimate of drug-likeness (QED) is 0.880. The molecule has 6 heteroatoms. The van der Waals surface area contributed by atoms with E-state index >= 15 is 0 Å². The number of nitrogens with two attached hydrogens (primary N) is 1. The van der Waals surface area contributed by atoms with Crippen molar-refractivity contribution < 1.29 is 4.79 Å². The summed E-state index contributed by atoms with van der Waals surface area (Å²) < 4.78 is 1.89. The topological polar surface area (TPSA) is 72.9 Å². The van der Waals surface area contributed by atoms with Crippen molar-refractivity contribution in [2.24, 2.45) is 0 Å². The number of nitrogens with zero attached hydrogens (tertiary/aromatic N) is 2. The van der Waals surface area contributed by atoms with Gasteiger partial charge in [-0.3, -0.25) is 4.79 Å². The lowest BCUT2D eigenvalue weighted by molar-refractivity contribution is 0.0942. The van der Waals surface area contributed by atoms with Crippen LogP contribution in [0, 0.1) is 6.92 Å². The largest absolute Gasteiger partial charge is 0.397 e. The zero-order valence-corrected chi connectivity index (χ0v) is 12.0. The number of rotatable bonds is 5. The Kier molecular flexibility index (Phi) is 4.21. The molecule has 2 heterocycles. The van der Waals surface area contributed by atoms with E-state index in [1.165, 1.54) is 0 Å². The molecule has 0 aliphatic carbocycles. The maximum absolute atomic E-state index is 12.2. The van der Waals surface area contributed by atoms with Gasteiger partial charge in [0, 0.05) is 17.6 Å². The molecular formula is C13H18N4OS. The minimum absolute atomic E-state index is 0.0991. The number of hydrogen-bond acceptors (Lipinski definition) is 4. The predicted octanol–water partition coefficient (Wildman–Crippen LogP) is 2.18. The molecule has 2 aromatic rings. The normalized spacial score (nSPS) is 10.6. The van der Waals surface area contributed by atoms with Gasteiger partial charge >= 0.3 is 0 Å². The number of aromatic nitrogens is 2. The van der Waals surface area contributed by atoms with Crippen LogP contribution in [0.1, 0.15) is 34.4 Å². The Labute approximate surface area is 116 Å². The Hall–Kier alpha value is -1.82. The van der Waals surface area contributed by atoms with Crippen molar-refractivity contribution >= 4 is 22.9 Å². The molecule has 19 heavy (non-hydrogen) atoms. The summed E-state index contributed by atoms with van der Waals surface area (Å²) >= 11 is 1.55. The second-order valence-corrected chi connectivity index (χ2v) is 5.34. The minimum Gasteiger partial charge on any atom is -0.397 e. The second kappa shape index (κ2) is 5.88. The van der Waals surface area contributed by atoms with Crippen molar-refractivity contribution in [3.63, 3.8) is 0 Å². The molecule has 1 amide bonds. The molecule has 3 N–H and O–H groups in total. The summed E-state index contributed by atoms with van der Waals surface area (Å²) in [6, 6.07) is 1.71. The molecule has 0 atom stereocenters. The first kappa shape index (κ1) is 13.6. The monoisotopic (exact) mass is 278 g/mol. The van der Waals surface area contributed by atoms with E-state index in [2.05, 4.69) is 17.2 Å². The molecule has 0 saturated heterocycles. The molecule has 0 spiro atoms. The highest BCUT2D eigenvalue weighted by molar-refractivity contribution is 7.09. The first-order chi connectivity index (χ1) is 9.11. The zero-order chi connectivity index (χ0) is 13.8. The molecule has 2 rings (SSSR count). The van der Waals surface area contributed by atoms with Gasteiger partial charge in [-0.1, -0.05) is 6.92 Å². The summed E-state index contributed by atoms with van der Waals surface area (Å²) in [5.41, 5.74) is 9.74. The molecule has 0 fully saturated rings. The number of carbonyl (C=O) groups excluding carboxylic acids is 1. The van der Waals surface area contributed by atoms with Crippen LogP contribution >= 0.6 is 11.3 Å². The third kappa shape index (κ3) is 3.14. The van der Waals surface area contributed by atoms with E-state index in [-0.39, 0.29) is 5.91 Å². The Morgan fingerprint density at radius 1 is 1.58 bits per heavy atom. The highest BCUT2D eigenvalue weighted by atomic mass is 32.1. The Morgan fingerprint density at radius 3 is 3.00 bits per heavy atom. The van der Waals surface area contributed by atoms with E-state index in [1.54, 1.807) is 29.1 Å². The number of nitrogen functional groups attached to an aromatic ring is 1.